The second-order valence-corrected chi connectivity index (χ2v) is 5.52. The van der Waals surface area contributed by atoms with Gasteiger partial charge >= 0.3 is 0 Å². The summed E-state index contributed by atoms with van der Waals surface area (Å²) in [6, 6.07) is 5.57. The predicted molar refractivity (Wildman–Crippen MR) is 85.3 cm³/mol. The molecule has 1 atom stereocenters. The van der Waals surface area contributed by atoms with Gasteiger partial charge in [0.15, 0.2) is 0 Å². The minimum atomic E-state index is 0.0308. The van der Waals surface area contributed by atoms with Gasteiger partial charge in [-0.3, -0.25) is 9.69 Å². The van der Waals surface area contributed by atoms with Crippen LogP contribution < -0.4 is 11.1 Å². The Labute approximate surface area is 126 Å². The maximum atomic E-state index is 12.1. The smallest absolute Gasteiger partial charge is 0.225 e. The van der Waals surface area contributed by atoms with E-state index in [2.05, 4.69) is 17.1 Å². The van der Waals surface area contributed by atoms with Gasteiger partial charge in [-0.15, -0.1) is 0 Å². The molecule has 0 aliphatic carbocycles. The van der Waals surface area contributed by atoms with E-state index < -0.39 is 0 Å². The molecule has 1 aromatic carbocycles. The molecule has 2 rings (SSSR count). The topological polar surface area (TPSA) is 67.6 Å². The van der Waals surface area contributed by atoms with Gasteiger partial charge in [-0.2, -0.15) is 0 Å². The Morgan fingerprint density at radius 1 is 1.52 bits per heavy atom. The molecule has 0 spiro atoms. The Bertz CT molecular complexity index is 490. The van der Waals surface area contributed by atoms with Gasteiger partial charge in [0.05, 0.1) is 12.7 Å². The van der Waals surface area contributed by atoms with Crippen molar-refractivity contribution in [2.24, 2.45) is 0 Å². The van der Waals surface area contributed by atoms with Crippen LogP contribution in [0.15, 0.2) is 18.2 Å². The van der Waals surface area contributed by atoms with Crippen molar-refractivity contribution >= 4 is 17.3 Å². The largest absolute Gasteiger partial charge is 0.398 e. The summed E-state index contributed by atoms with van der Waals surface area (Å²) in [6.07, 6.45) is 1.81. The monoisotopic (exact) mass is 291 g/mol. The van der Waals surface area contributed by atoms with Crippen molar-refractivity contribution in [3.05, 3.63) is 23.8 Å². The van der Waals surface area contributed by atoms with E-state index in [4.69, 9.17) is 10.5 Å². The Hall–Kier alpha value is -1.59. The first-order chi connectivity index (χ1) is 10.1. The summed E-state index contributed by atoms with van der Waals surface area (Å²) in [5, 5.41) is 2.94. The van der Waals surface area contributed by atoms with Crippen molar-refractivity contribution in [1.82, 2.24) is 4.90 Å². The summed E-state index contributed by atoms with van der Waals surface area (Å²) >= 11 is 0. The van der Waals surface area contributed by atoms with Crippen molar-refractivity contribution in [2.75, 3.05) is 37.3 Å². The molecule has 1 aliphatic heterocycles. The Balaban J connectivity index is 1.81. The highest BCUT2D eigenvalue weighted by Gasteiger charge is 2.19. The summed E-state index contributed by atoms with van der Waals surface area (Å²) < 4.78 is 5.63. The molecule has 1 saturated heterocycles. The Kier molecular flexibility index (Phi) is 5.59. The molecule has 1 aromatic rings. The lowest BCUT2D eigenvalue weighted by Crippen LogP contribution is -2.43. The van der Waals surface area contributed by atoms with Crippen LogP contribution in [0, 0.1) is 6.92 Å². The van der Waals surface area contributed by atoms with Crippen molar-refractivity contribution in [3.63, 3.8) is 0 Å². The average molecular weight is 291 g/mol. The number of nitrogens with one attached hydrogen (secondary N) is 1. The van der Waals surface area contributed by atoms with Crippen molar-refractivity contribution in [3.8, 4) is 0 Å². The summed E-state index contributed by atoms with van der Waals surface area (Å²) in [4.78, 5) is 14.4. The normalized spacial score (nSPS) is 19.4. The maximum Gasteiger partial charge on any atom is 0.225 e. The molecule has 5 nitrogen and oxygen atoms in total. The standard InChI is InChI=1S/C16H25N3O2/c1-3-13-11-19(9-10-21-13)8-7-16(20)18-15-6-4-5-14(17)12(15)2/h4-6,13H,3,7-11,17H2,1-2H3,(H,18,20). The first-order valence-corrected chi connectivity index (χ1v) is 7.59. The molecule has 1 aliphatic rings. The van der Waals surface area contributed by atoms with Gasteiger partial charge in [0.25, 0.3) is 0 Å². The van der Waals surface area contributed by atoms with E-state index in [-0.39, 0.29) is 5.91 Å². The van der Waals surface area contributed by atoms with Crippen LogP contribution in [0.3, 0.4) is 0 Å². The maximum absolute atomic E-state index is 12.1. The Morgan fingerprint density at radius 2 is 2.33 bits per heavy atom. The molecule has 0 radical (unpaired) electrons. The SMILES string of the molecule is CCC1CN(CCC(=O)Nc2cccc(N)c2C)CCO1. The molecule has 21 heavy (non-hydrogen) atoms. The number of nitrogens with two attached hydrogens (primary N) is 1. The van der Waals surface area contributed by atoms with Crippen LogP contribution in [-0.4, -0.2) is 43.2 Å². The fourth-order valence-electron chi connectivity index (χ4n) is 2.49. The molecule has 1 unspecified atom stereocenters. The molecule has 0 bridgehead atoms. The van der Waals surface area contributed by atoms with Crippen LogP contribution in [0.25, 0.3) is 0 Å². The molecule has 5 heteroatoms. The third-order valence-corrected chi connectivity index (χ3v) is 3.98. The van der Waals surface area contributed by atoms with Gasteiger partial charge in [0.2, 0.25) is 5.91 Å². The molecule has 1 amide bonds. The highest BCUT2D eigenvalue weighted by atomic mass is 16.5. The Morgan fingerprint density at radius 3 is 3.10 bits per heavy atom. The van der Waals surface area contributed by atoms with Gasteiger partial charge in [-0.05, 0) is 31.0 Å². The van der Waals surface area contributed by atoms with E-state index in [1.165, 1.54) is 0 Å². The summed E-state index contributed by atoms with van der Waals surface area (Å²) in [6.45, 7) is 7.39. The third kappa shape index (κ3) is 4.44. The van der Waals surface area contributed by atoms with Crippen LogP contribution in [0.1, 0.15) is 25.3 Å². The van der Waals surface area contributed by atoms with Crippen LogP contribution in [0.4, 0.5) is 11.4 Å². The summed E-state index contributed by atoms with van der Waals surface area (Å²) in [7, 11) is 0. The zero-order chi connectivity index (χ0) is 15.2. The van der Waals surface area contributed by atoms with Gasteiger partial charge < -0.3 is 15.8 Å². The molecule has 3 N–H and O–H groups in total. The zero-order valence-corrected chi connectivity index (χ0v) is 12.9. The van der Waals surface area contributed by atoms with Gasteiger partial charge in [0.1, 0.15) is 0 Å². The van der Waals surface area contributed by atoms with Crippen molar-refractivity contribution < 1.29 is 9.53 Å². The number of morpholine rings is 1. The zero-order valence-electron chi connectivity index (χ0n) is 12.9. The molecule has 1 fully saturated rings. The number of ether oxygens (including phenoxy) is 1. The molecule has 1 heterocycles. The van der Waals surface area contributed by atoms with E-state index in [0.29, 0.717) is 18.2 Å². The molecule has 0 aromatic heterocycles. The van der Waals surface area contributed by atoms with Gasteiger partial charge in [0, 0.05) is 37.4 Å². The second kappa shape index (κ2) is 7.43. The number of benzene rings is 1. The van der Waals surface area contributed by atoms with Gasteiger partial charge in [-0.25, -0.2) is 0 Å². The lowest BCUT2D eigenvalue weighted by molar-refractivity contribution is -0.117. The van der Waals surface area contributed by atoms with E-state index >= 15 is 0 Å². The number of rotatable bonds is 5. The fraction of sp³-hybridized carbons (Fsp3) is 0.562. The summed E-state index contributed by atoms with van der Waals surface area (Å²) in [5.74, 6) is 0.0308. The number of hydrogen-bond acceptors (Lipinski definition) is 4. The van der Waals surface area contributed by atoms with Crippen LogP contribution >= 0.6 is 0 Å². The molecule has 116 valence electrons. The first-order valence-electron chi connectivity index (χ1n) is 7.59. The highest BCUT2D eigenvalue weighted by molar-refractivity contribution is 5.92. The number of nitrogens with zero attached hydrogens (tertiary/aromatic N) is 1. The number of amides is 1. The van der Waals surface area contributed by atoms with Crippen LogP contribution in [0.2, 0.25) is 0 Å². The van der Waals surface area contributed by atoms with Crippen LogP contribution in [-0.2, 0) is 9.53 Å². The number of anilines is 2. The fourth-order valence-corrected chi connectivity index (χ4v) is 2.49. The highest BCUT2D eigenvalue weighted by Crippen LogP contribution is 2.20. The number of nitrogen functional groups attached to an aromatic ring is 1. The van der Waals surface area contributed by atoms with Crippen molar-refractivity contribution in [1.29, 1.82) is 0 Å². The number of carbonyl (C=O) groups excluding carboxylic acids is 1. The first kappa shape index (κ1) is 15.8. The van der Waals surface area contributed by atoms with E-state index in [1.54, 1.807) is 0 Å². The quantitative estimate of drug-likeness (QED) is 0.814. The minimum absolute atomic E-state index is 0.0308. The van der Waals surface area contributed by atoms with Gasteiger partial charge in [-0.1, -0.05) is 13.0 Å². The third-order valence-electron chi connectivity index (χ3n) is 3.98. The lowest BCUT2D eigenvalue weighted by Gasteiger charge is -2.32. The second-order valence-electron chi connectivity index (χ2n) is 5.52. The van der Waals surface area contributed by atoms with E-state index in [1.807, 2.05) is 25.1 Å². The molecule has 0 saturated carbocycles. The summed E-state index contributed by atoms with van der Waals surface area (Å²) in [5.41, 5.74) is 8.26. The van der Waals surface area contributed by atoms with E-state index in [9.17, 15) is 4.79 Å². The molecular formula is C16H25N3O2. The predicted octanol–water partition coefficient (Wildman–Crippen LogP) is 2.02. The number of hydrogen-bond donors (Lipinski definition) is 2. The van der Waals surface area contributed by atoms with Crippen molar-refractivity contribution in [2.45, 2.75) is 32.8 Å². The average Bonchev–Trinajstić information content (AvgIpc) is 2.50. The minimum Gasteiger partial charge on any atom is -0.398 e. The molecular weight excluding hydrogens is 266 g/mol. The van der Waals surface area contributed by atoms with E-state index in [0.717, 1.165) is 43.9 Å². The lowest BCUT2D eigenvalue weighted by atomic mass is 10.1. The van der Waals surface area contributed by atoms with Crippen LogP contribution in [0.5, 0.6) is 0 Å². The number of carbonyl (C=O) groups is 1.